The van der Waals surface area contributed by atoms with Gasteiger partial charge in [-0.3, -0.25) is 0 Å². The van der Waals surface area contributed by atoms with Gasteiger partial charge in [-0.25, -0.2) is 0 Å². The maximum Gasteiger partial charge on any atom is 0.111 e. The summed E-state index contributed by atoms with van der Waals surface area (Å²) in [5.74, 6) is 0. The van der Waals surface area contributed by atoms with Crippen molar-refractivity contribution < 1.29 is 19.2 Å². The van der Waals surface area contributed by atoms with Gasteiger partial charge in [0, 0.05) is 13.8 Å². The van der Waals surface area contributed by atoms with Crippen molar-refractivity contribution in [2.75, 3.05) is 39.9 Å². The second-order valence-corrected chi connectivity index (χ2v) is 13.5. The first-order valence-corrected chi connectivity index (χ1v) is 12.6. The molecule has 108 valence electrons. The Kier molecular flexibility index (Phi) is 13.0. The lowest BCUT2D eigenvalue weighted by atomic mass is 11.0. The Hall–Kier alpha value is 0.740. The van der Waals surface area contributed by atoms with Gasteiger partial charge in [0.2, 0.25) is 0 Å². The summed E-state index contributed by atoms with van der Waals surface area (Å²) in [6.45, 7) is 8.81. The van der Waals surface area contributed by atoms with Crippen LogP contribution in [0.25, 0.3) is 0 Å². The highest BCUT2D eigenvalue weighted by Gasteiger charge is 1.92. The summed E-state index contributed by atoms with van der Waals surface area (Å²) >= 11 is 0. The standard InChI is InChI=1S/C4H11OP.C3H9O2P.C3H9OP/c1-4-6(2,3)5;1-5-6(2,3)4;1-5(2,3)4/h5H,2,4H2,1,3H3;4H,2H2,1,3H3;4H,1H2,2-3H3. The highest BCUT2D eigenvalue weighted by molar-refractivity contribution is 7.67. The van der Waals surface area contributed by atoms with Crippen molar-refractivity contribution in [3.8, 4) is 0 Å². The van der Waals surface area contributed by atoms with E-state index in [1.165, 1.54) is 7.11 Å². The quantitative estimate of drug-likeness (QED) is 0.684. The highest BCUT2D eigenvalue weighted by atomic mass is 31.2. The van der Waals surface area contributed by atoms with Crippen LogP contribution in [0.2, 0.25) is 0 Å². The van der Waals surface area contributed by atoms with Gasteiger partial charge in [-0.2, -0.15) is 0 Å². The molecule has 4 nitrogen and oxygen atoms in total. The molecule has 17 heavy (non-hydrogen) atoms. The zero-order valence-electron chi connectivity index (χ0n) is 11.9. The van der Waals surface area contributed by atoms with E-state index in [-0.39, 0.29) is 0 Å². The third-order valence-corrected chi connectivity index (χ3v) is 3.22. The minimum atomic E-state index is -2.15. The summed E-state index contributed by atoms with van der Waals surface area (Å²) in [6.07, 6.45) is 11.2. The molecule has 0 fully saturated rings. The van der Waals surface area contributed by atoms with Crippen LogP contribution < -0.4 is 0 Å². The van der Waals surface area contributed by atoms with Gasteiger partial charge in [-0.1, -0.05) is 25.8 Å². The van der Waals surface area contributed by atoms with Crippen LogP contribution in [0.5, 0.6) is 0 Å². The molecule has 0 aromatic carbocycles. The van der Waals surface area contributed by atoms with Gasteiger partial charge in [0.15, 0.2) is 0 Å². The summed E-state index contributed by atoms with van der Waals surface area (Å²) in [5.41, 5.74) is 0. The second-order valence-electron chi connectivity index (χ2n) is 4.51. The zero-order valence-corrected chi connectivity index (χ0v) is 14.6. The SMILES string of the molecule is C=P(C)(C)O.C=P(C)(O)CC.C=P(C)(O)OC. The Morgan fingerprint density at radius 2 is 1.06 bits per heavy atom. The summed E-state index contributed by atoms with van der Waals surface area (Å²) in [4.78, 5) is 26.0. The van der Waals surface area contributed by atoms with Crippen molar-refractivity contribution in [1.82, 2.24) is 0 Å². The lowest BCUT2D eigenvalue weighted by Crippen LogP contribution is -1.76. The van der Waals surface area contributed by atoms with Gasteiger partial charge < -0.3 is 19.2 Å². The van der Waals surface area contributed by atoms with E-state index in [1.807, 2.05) is 6.92 Å². The lowest BCUT2D eigenvalue weighted by molar-refractivity contribution is 0.391. The predicted octanol–water partition coefficient (Wildman–Crippen LogP) is 2.13. The van der Waals surface area contributed by atoms with E-state index in [4.69, 9.17) is 14.7 Å². The minimum absolute atomic E-state index is 0.826. The third kappa shape index (κ3) is 80.1. The summed E-state index contributed by atoms with van der Waals surface area (Å²) in [6, 6.07) is 0. The highest BCUT2D eigenvalue weighted by Crippen LogP contribution is 2.33. The first kappa shape index (κ1) is 22.9. The fraction of sp³-hybridized carbons (Fsp3) is 0.700. The molecule has 3 N–H and O–H groups in total. The van der Waals surface area contributed by atoms with Crippen LogP contribution in [0.3, 0.4) is 0 Å². The van der Waals surface area contributed by atoms with Crippen molar-refractivity contribution in [1.29, 1.82) is 0 Å². The van der Waals surface area contributed by atoms with Crippen LogP contribution in [0.15, 0.2) is 0 Å². The van der Waals surface area contributed by atoms with Crippen molar-refractivity contribution in [3.05, 3.63) is 0 Å². The lowest BCUT2D eigenvalue weighted by Gasteiger charge is -2.04. The van der Waals surface area contributed by atoms with Crippen LogP contribution >= 0.6 is 21.6 Å². The Balaban J connectivity index is -0.000000174. The molecular formula is C10H29O4P3. The average Bonchev–Trinajstić information content (AvgIpc) is 2.00. The van der Waals surface area contributed by atoms with E-state index in [9.17, 15) is 0 Å². The molecule has 0 amide bonds. The van der Waals surface area contributed by atoms with Gasteiger partial charge in [0.25, 0.3) is 0 Å². The molecule has 0 aliphatic carbocycles. The van der Waals surface area contributed by atoms with Gasteiger partial charge >= 0.3 is 0 Å². The number of rotatable bonds is 2. The second kappa shape index (κ2) is 9.64. The first-order chi connectivity index (χ1) is 7.12. The molecule has 2 atom stereocenters. The first-order valence-electron chi connectivity index (χ1n) is 4.95. The number of hydrogen-bond acceptors (Lipinski definition) is 4. The summed E-state index contributed by atoms with van der Waals surface area (Å²) in [5, 5.41) is 0. The maximum absolute atomic E-state index is 8.83. The molecule has 0 saturated heterocycles. The smallest absolute Gasteiger partial charge is 0.111 e. The van der Waals surface area contributed by atoms with E-state index in [0.29, 0.717) is 0 Å². The molecule has 0 rings (SSSR count). The Morgan fingerprint density at radius 3 is 1.06 bits per heavy atom. The van der Waals surface area contributed by atoms with E-state index >= 15 is 0 Å². The summed E-state index contributed by atoms with van der Waals surface area (Å²) < 4.78 is 4.49. The molecule has 0 aliphatic rings. The van der Waals surface area contributed by atoms with Crippen LogP contribution in [-0.2, 0) is 4.52 Å². The third-order valence-electron chi connectivity index (χ3n) is 1.07. The van der Waals surface area contributed by atoms with Crippen LogP contribution in [-0.4, -0.2) is 73.5 Å². The largest absolute Gasteiger partial charge is 0.377 e. The molecule has 0 aromatic rings. The molecule has 0 radical (unpaired) electrons. The Bertz CT molecular complexity index is 277. The number of hydrogen-bond donors (Lipinski definition) is 3. The molecule has 0 spiro atoms. The van der Waals surface area contributed by atoms with E-state index in [0.717, 1.165) is 6.16 Å². The fourth-order valence-corrected chi connectivity index (χ4v) is 0. The Labute approximate surface area is 107 Å². The molecule has 0 heterocycles. The zero-order chi connectivity index (χ0) is 14.9. The monoisotopic (exact) mass is 306 g/mol. The fourth-order valence-electron chi connectivity index (χ4n) is 0. The van der Waals surface area contributed by atoms with E-state index < -0.39 is 21.6 Å². The maximum atomic E-state index is 8.83. The van der Waals surface area contributed by atoms with Gasteiger partial charge in [-0.05, 0) is 40.4 Å². The molecule has 0 bridgehead atoms. The average molecular weight is 306 g/mol. The van der Waals surface area contributed by atoms with Crippen LogP contribution in [0.1, 0.15) is 6.92 Å². The van der Waals surface area contributed by atoms with E-state index in [2.05, 4.69) is 23.4 Å². The van der Waals surface area contributed by atoms with Gasteiger partial charge in [0.05, 0.1) is 0 Å². The van der Waals surface area contributed by atoms with E-state index in [1.54, 1.807) is 26.7 Å². The van der Waals surface area contributed by atoms with Crippen molar-refractivity contribution >= 4 is 40.5 Å². The van der Waals surface area contributed by atoms with Gasteiger partial charge in [-0.15, -0.1) is 0 Å². The van der Waals surface area contributed by atoms with Crippen LogP contribution in [0.4, 0.5) is 0 Å². The van der Waals surface area contributed by atoms with Gasteiger partial charge in [0.1, 0.15) is 7.34 Å². The minimum Gasteiger partial charge on any atom is -0.377 e. The topological polar surface area (TPSA) is 69.9 Å². The molecule has 7 heteroatoms. The molecule has 0 aromatic heterocycles. The van der Waals surface area contributed by atoms with Crippen molar-refractivity contribution in [3.63, 3.8) is 0 Å². The Morgan fingerprint density at radius 1 is 0.941 bits per heavy atom. The van der Waals surface area contributed by atoms with Crippen molar-refractivity contribution in [2.45, 2.75) is 6.92 Å². The predicted molar refractivity (Wildman–Crippen MR) is 90.0 cm³/mol. The van der Waals surface area contributed by atoms with Crippen LogP contribution in [0, 0.1) is 0 Å². The molecular weight excluding hydrogens is 277 g/mol. The summed E-state index contributed by atoms with van der Waals surface area (Å²) in [7, 11) is -3.99. The molecule has 0 aliphatic heterocycles. The van der Waals surface area contributed by atoms with Crippen molar-refractivity contribution in [2.24, 2.45) is 0 Å². The molecule has 0 saturated carbocycles. The normalized spacial score (nSPS) is 17.5. The molecule has 2 unspecified atom stereocenters.